The van der Waals surface area contributed by atoms with Crippen LogP contribution < -0.4 is 16.0 Å². The number of aromatic amines is 1. The number of carbonyl (C=O) groups is 3. The molecule has 9 nitrogen and oxygen atoms in total. The number of pyridine rings is 1. The van der Waals surface area contributed by atoms with Gasteiger partial charge in [-0.15, -0.1) is 0 Å². The van der Waals surface area contributed by atoms with E-state index < -0.39 is 12.1 Å². The fraction of sp³-hybridized carbons (Fsp3) is 0.500. The van der Waals surface area contributed by atoms with Gasteiger partial charge in [0, 0.05) is 35.8 Å². The summed E-state index contributed by atoms with van der Waals surface area (Å²) in [6, 6.07) is 4.05. The molecule has 3 heterocycles. The zero-order valence-corrected chi connectivity index (χ0v) is 17.2. The molecule has 1 aliphatic heterocycles. The first kappa shape index (κ1) is 20.8. The summed E-state index contributed by atoms with van der Waals surface area (Å²) in [5.41, 5.74) is 1.14. The number of fused-ring (bicyclic) bond motifs is 1. The molecule has 1 saturated heterocycles. The maximum Gasteiger partial charge on any atom is 0.268 e. The quantitative estimate of drug-likeness (QED) is 0.509. The normalized spacial score (nSPS) is 20.4. The van der Waals surface area contributed by atoms with Crippen LogP contribution in [-0.2, 0) is 9.59 Å². The van der Waals surface area contributed by atoms with E-state index in [2.05, 4.69) is 32.0 Å². The Kier molecular flexibility index (Phi) is 6.16. The van der Waals surface area contributed by atoms with Crippen LogP contribution in [0.1, 0.15) is 49.0 Å². The van der Waals surface area contributed by atoms with Crippen LogP contribution in [0.3, 0.4) is 0 Å². The highest BCUT2D eigenvalue weighted by molar-refractivity contribution is 6.00. The second kappa shape index (κ2) is 9.16. The summed E-state index contributed by atoms with van der Waals surface area (Å²) in [4.78, 5) is 44.8. The summed E-state index contributed by atoms with van der Waals surface area (Å²) in [6.45, 7) is 0.651. The third-order valence-electron chi connectivity index (χ3n) is 5.95. The summed E-state index contributed by atoms with van der Waals surface area (Å²) in [5.74, 6) is -0.724. The Morgan fingerprint density at radius 3 is 2.81 bits per heavy atom. The molecular weight excluding hydrogens is 396 g/mol. The second-order valence-electron chi connectivity index (χ2n) is 8.41. The van der Waals surface area contributed by atoms with Crippen molar-refractivity contribution in [3.63, 3.8) is 0 Å². The van der Waals surface area contributed by atoms with Gasteiger partial charge in [-0.3, -0.25) is 19.4 Å². The summed E-state index contributed by atoms with van der Waals surface area (Å²) in [6.07, 6.45) is 7.73. The van der Waals surface area contributed by atoms with E-state index in [-0.39, 0.29) is 30.1 Å². The molecule has 162 valence electrons. The molecule has 2 fully saturated rings. The van der Waals surface area contributed by atoms with Crippen molar-refractivity contribution in [2.45, 2.75) is 50.6 Å². The van der Waals surface area contributed by atoms with Crippen LogP contribution in [0.5, 0.6) is 0 Å². The molecule has 31 heavy (non-hydrogen) atoms. The van der Waals surface area contributed by atoms with Gasteiger partial charge in [0.2, 0.25) is 11.8 Å². The number of aromatic nitrogens is 2. The summed E-state index contributed by atoms with van der Waals surface area (Å²) in [5, 5.41) is 18.7. The van der Waals surface area contributed by atoms with Crippen molar-refractivity contribution in [2.75, 3.05) is 6.54 Å². The number of nitriles is 1. The molecule has 4 rings (SSSR count). The van der Waals surface area contributed by atoms with Crippen LogP contribution >= 0.6 is 0 Å². The van der Waals surface area contributed by atoms with E-state index >= 15 is 0 Å². The fourth-order valence-corrected chi connectivity index (χ4v) is 4.01. The van der Waals surface area contributed by atoms with Gasteiger partial charge in [0.25, 0.3) is 5.91 Å². The summed E-state index contributed by atoms with van der Waals surface area (Å²) < 4.78 is 0. The fourth-order valence-electron chi connectivity index (χ4n) is 4.01. The first-order valence-electron chi connectivity index (χ1n) is 10.7. The van der Waals surface area contributed by atoms with Crippen LogP contribution in [0.25, 0.3) is 10.9 Å². The molecule has 0 spiro atoms. The number of piperidine rings is 1. The second-order valence-corrected chi connectivity index (χ2v) is 8.41. The topological polar surface area (TPSA) is 140 Å². The monoisotopic (exact) mass is 422 g/mol. The molecule has 0 aromatic carbocycles. The van der Waals surface area contributed by atoms with Gasteiger partial charge in [-0.25, -0.2) is 0 Å². The summed E-state index contributed by atoms with van der Waals surface area (Å²) in [7, 11) is 0. The average molecular weight is 422 g/mol. The van der Waals surface area contributed by atoms with E-state index in [1.54, 1.807) is 24.5 Å². The molecule has 0 bridgehead atoms. The van der Waals surface area contributed by atoms with Crippen LogP contribution in [-0.4, -0.2) is 46.3 Å². The van der Waals surface area contributed by atoms with Gasteiger partial charge in [-0.2, -0.15) is 5.26 Å². The first-order valence-corrected chi connectivity index (χ1v) is 10.7. The van der Waals surface area contributed by atoms with Crippen LogP contribution in [0.2, 0.25) is 0 Å². The van der Waals surface area contributed by atoms with Gasteiger partial charge in [0.05, 0.1) is 6.07 Å². The highest BCUT2D eigenvalue weighted by atomic mass is 16.2. The van der Waals surface area contributed by atoms with Gasteiger partial charge >= 0.3 is 0 Å². The van der Waals surface area contributed by atoms with Crippen molar-refractivity contribution in [2.24, 2.45) is 11.8 Å². The third-order valence-corrected chi connectivity index (χ3v) is 5.95. The van der Waals surface area contributed by atoms with Gasteiger partial charge in [-0.1, -0.05) is 12.8 Å². The average Bonchev–Trinajstić information content (AvgIpc) is 3.48. The largest absolute Gasteiger partial charge is 0.356 e. The molecule has 1 saturated carbocycles. The number of carbonyl (C=O) groups excluding carboxylic acids is 3. The number of nitrogens with zero attached hydrogens (tertiary/aromatic N) is 2. The van der Waals surface area contributed by atoms with E-state index in [0.29, 0.717) is 31.0 Å². The highest BCUT2D eigenvalue weighted by Crippen LogP contribution is 2.33. The Morgan fingerprint density at radius 2 is 2.10 bits per heavy atom. The lowest BCUT2D eigenvalue weighted by molar-refractivity contribution is -0.128. The number of amides is 3. The molecule has 2 aliphatic rings. The maximum atomic E-state index is 12.9. The highest BCUT2D eigenvalue weighted by Gasteiger charge is 2.33. The van der Waals surface area contributed by atoms with Crippen molar-refractivity contribution >= 4 is 28.6 Å². The minimum Gasteiger partial charge on any atom is -0.356 e. The molecule has 1 aliphatic carbocycles. The van der Waals surface area contributed by atoms with E-state index in [0.717, 1.165) is 30.2 Å². The first-order chi connectivity index (χ1) is 15.0. The third kappa shape index (κ3) is 5.20. The lowest BCUT2D eigenvalue weighted by atomic mass is 9.92. The molecular formula is C22H26N6O3. The van der Waals surface area contributed by atoms with E-state index in [9.17, 15) is 19.6 Å². The zero-order chi connectivity index (χ0) is 21.8. The SMILES string of the molecule is N#C[C@H](C[C@@H]1CCCNC1=O)NC(=O)C(CC1CC1)NC(=O)c1cc2cnccc2[nH]1. The number of rotatable bonds is 8. The van der Waals surface area contributed by atoms with Crippen LogP contribution in [0.4, 0.5) is 0 Å². The van der Waals surface area contributed by atoms with Gasteiger partial charge in [-0.05, 0) is 43.7 Å². The number of hydrogen-bond acceptors (Lipinski definition) is 5. The Hall–Kier alpha value is -3.41. The molecule has 3 amide bonds. The lowest BCUT2D eigenvalue weighted by Crippen LogP contribution is -2.50. The molecule has 9 heteroatoms. The molecule has 1 unspecified atom stereocenters. The van der Waals surface area contributed by atoms with Crippen LogP contribution in [0, 0.1) is 23.2 Å². The minimum atomic E-state index is -0.779. The molecule has 2 aromatic heterocycles. The summed E-state index contributed by atoms with van der Waals surface area (Å²) >= 11 is 0. The van der Waals surface area contributed by atoms with Crippen LogP contribution in [0.15, 0.2) is 24.5 Å². The smallest absolute Gasteiger partial charge is 0.268 e. The number of H-pyrrole nitrogens is 1. The molecule has 0 radical (unpaired) electrons. The molecule has 3 atom stereocenters. The standard InChI is InChI=1S/C22H26N6O3/c23-11-16(9-14-2-1-6-25-20(14)29)26-21(30)18(8-13-3-4-13)28-22(31)19-10-15-12-24-7-5-17(15)27-19/h5,7,10,12-14,16,18,27H,1-4,6,8-9H2,(H,25,29)(H,26,30)(H,28,31)/t14-,16-,18?/m0/s1. The molecule has 4 N–H and O–H groups in total. The van der Waals surface area contributed by atoms with E-state index in [4.69, 9.17) is 0 Å². The van der Waals surface area contributed by atoms with Gasteiger partial charge in [0.15, 0.2) is 0 Å². The Balaban J connectivity index is 1.41. The lowest BCUT2D eigenvalue weighted by Gasteiger charge is -2.25. The van der Waals surface area contributed by atoms with Gasteiger partial charge < -0.3 is 20.9 Å². The Morgan fingerprint density at radius 1 is 1.26 bits per heavy atom. The van der Waals surface area contributed by atoms with Gasteiger partial charge in [0.1, 0.15) is 17.8 Å². The number of hydrogen-bond donors (Lipinski definition) is 4. The minimum absolute atomic E-state index is 0.0723. The van der Waals surface area contributed by atoms with Crippen molar-refractivity contribution in [3.05, 3.63) is 30.2 Å². The predicted molar refractivity (Wildman–Crippen MR) is 113 cm³/mol. The van der Waals surface area contributed by atoms with Crippen molar-refractivity contribution in [1.82, 2.24) is 25.9 Å². The van der Waals surface area contributed by atoms with Crippen molar-refractivity contribution in [1.29, 1.82) is 5.26 Å². The Labute approximate surface area is 180 Å². The maximum absolute atomic E-state index is 12.9. The van der Waals surface area contributed by atoms with Crippen molar-refractivity contribution < 1.29 is 14.4 Å². The number of nitrogens with one attached hydrogen (secondary N) is 4. The van der Waals surface area contributed by atoms with E-state index in [1.165, 1.54) is 0 Å². The predicted octanol–water partition coefficient (Wildman–Crippen LogP) is 1.39. The van der Waals surface area contributed by atoms with E-state index in [1.807, 2.05) is 0 Å². The van der Waals surface area contributed by atoms with Crippen molar-refractivity contribution in [3.8, 4) is 6.07 Å². The Bertz CT molecular complexity index is 989. The zero-order valence-electron chi connectivity index (χ0n) is 17.2. The molecule has 2 aromatic rings.